The van der Waals surface area contributed by atoms with E-state index < -0.39 is 0 Å². The molecule has 1 aromatic heterocycles. The van der Waals surface area contributed by atoms with Gasteiger partial charge in [0.05, 0.1) is 14.7 Å². The van der Waals surface area contributed by atoms with Crippen molar-refractivity contribution in [1.29, 1.82) is 0 Å². The second-order valence-electron chi connectivity index (χ2n) is 3.31. The molecule has 2 N–H and O–H groups in total. The zero-order chi connectivity index (χ0) is 11.7. The molecule has 0 saturated heterocycles. The van der Waals surface area contributed by atoms with E-state index in [1.165, 1.54) is 11.3 Å². The van der Waals surface area contributed by atoms with E-state index >= 15 is 0 Å². The van der Waals surface area contributed by atoms with Gasteiger partial charge >= 0.3 is 0 Å². The molecule has 0 amide bonds. The average molecular weight is 337 g/mol. The topological polar surface area (TPSA) is 26.0 Å². The second-order valence-corrected chi connectivity index (χ2v) is 6.51. The van der Waals surface area contributed by atoms with E-state index in [2.05, 4.69) is 15.9 Å². The predicted molar refractivity (Wildman–Crippen MR) is 74.5 cm³/mol. The molecule has 1 unspecified atom stereocenters. The first kappa shape index (κ1) is 12.4. The summed E-state index contributed by atoms with van der Waals surface area (Å²) in [7, 11) is 0. The first-order valence-electron chi connectivity index (χ1n) is 4.53. The maximum Gasteiger partial charge on any atom is 0.0995 e. The Bertz CT molecular complexity index is 495. The molecule has 16 heavy (non-hydrogen) atoms. The Morgan fingerprint density at radius 3 is 2.31 bits per heavy atom. The van der Waals surface area contributed by atoms with Gasteiger partial charge in [0.2, 0.25) is 0 Å². The molecule has 2 rings (SSSR count). The van der Waals surface area contributed by atoms with Crippen LogP contribution in [0, 0.1) is 0 Å². The summed E-state index contributed by atoms with van der Waals surface area (Å²) in [4.78, 5) is 0. The fraction of sp³-hybridized carbons (Fsp3) is 0.0909. The van der Waals surface area contributed by atoms with Crippen molar-refractivity contribution in [2.75, 3.05) is 0 Å². The highest BCUT2D eigenvalue weighted by Crippen LogP contribution is 2.36. The Hall–Kier alpha value is -0.0600. The molecule has 1 aromatic carbocycles. The van der Waals surface area contributed by atoms with Crippen LogP contribution in [-0.2, 0) is 0 Å². The summed E-state index contributed by atoms with van der Waals surface area (Å²) < 4.78 is 2.34. The number of benzene rings is 1. The van der Waals surface area contributed by atoms with E-state index in [0.717, 1.165) is 15.6 Å². The van der Waals surface area contributed by atoms with Crippen molar-refractivity contribution in [2.24, 2.45) is 5.73 Å². The summed E-state index contributed by atoms with van der Waals surface area (Å²) in [6.07, 6.45) is 0. The van der Waals surface area contributed by atoms with Crippen molar-refractivity contribution < 1.29 is 0 Å². The first-order chi connectivity index (χ1) is 7.58. The van der Waals surface area contributed by atoms with Gasteiger partial charge in [0.15, 0.2) is 0 Å². The van der Waals surface area contributed by atoms with Crippen molar-refractivity contribution in [3.8, 4) is 0 Å². The molecule has 1 heterocycles. The maximum absolute atomic E-state index is 6.13. The van der Waals surface area contributed by atoms with Gasteiger partial charge < -0.3 is 5.73 Å². The second kappa shape index (κ2) is 5.07. The van der Waals surface area contributed by atoms with Crippen molar-refractivity contribution in [3.63, 3.8) is 0 Å². The van der Waals surface area contributed by atoms with E-state index in [4.69, 9.17) is 28.9 Å². The largest absolute Gasteiger partial charge is 0.320 e. The molecule has 2 aromatic rings. The smallest absolute Gasteiger partial charge is 0.0995 e. The van der Waals surface area contributed by atoms with E-state index in [-0.39, 0.29) is 6.04 Å². The molecule has 0 radical (unpaired) electrons. The minimum atomic E-state index is -0.232. The van der Waals surface area contributed by atoms with Crippen LogP contribution in [0.15, 0.2) is 34.8 Å². The fourth-order valence-electron chi connectivity index (χ4n) is 1.41. The number of nitrogens with two attached hydrogens (primary N) is 1. The predicted octanol–water partition coefficient (Wildman–Crippen LogP) is 4.87. The third-order valence-electron chi connectivity index (χ3n) is 2.25. The zero-order valence-corrected chi connectivity index (χ0v) is 12.0. The van der Waals surface area contributed by atoms with Crippen LogP contribution >= 0.6 is 50.5 Å². The lowest BCUT2D eigenvalue weighted by Crippen LogP contribution is -2.11. The lowest BCUT2D eigenvalue weighted by molar-refractivity contribution is 0.877. The quantitative estimate of drug-likeness (QED) is 0.832. The van der Waals surface area contributed by atoms with Gasteiger partial charge in [-0.1, -0.05) is 51.3 Å². The third kappa shape index (κ3) is 2.60. The van der Waals surface area contributed by atoms with Gasteiger partial charge in [0.25, 0.3) is 0 Å². The Labute approximate surface area is 116 Å². The van der Waals surface area contributed by atoms with Crippen LogP contribution in [0.1, 0.15) is 17.2 Å². The third-order valence-corrected chi connectivity index (χ3v) is 4.29. The molecule has 0 fully saturated rings. The zero-order valence-electron chi connectivity index (χ0n) is 8.08. The molecule has 5 heteroatoms. The van der Waals surface area contributed by atoms with Crippen LogP contribution in [-0.4, -0.2) is 0 Å². The highest BCUT2D eigenvalue weighted by Gasteiger charge is 2.15. The van der Waals surface area contributed by atoms with Crippen LogP contribution in [0.5, 0.6) is 0 Å². The van der Waals surface area contributed by atoms with Crippen LogP contribution in [0.2, 0.25) is 8.67 Å². The highest BCUT2D eigenvalue weighted by atomic mass is 79.9. The number of rotatable bonds is 2. The lowest BCUT2D eigenvalue weighted by Gasteiger charge is -2.11. The molecule has 0 saturated carbocycles. The summed E-state index contributed by atoms with van der Waals surface area (Å²) >= 11 is 16.7. The molecule has 84 valence electrons. The molecule has 0 aliphatic heterocycles. The fourth-order valence-corrected chi connectivity index (χ4v) is 3.23. The lowest BCUT2D eigenvalue weighted by atomic mass is 10.0. The maximum atomic E-state index is 6.13. The van der Waals surface area contributed by atoms with Crippen molar-refractivity contribution in [2.45, 2.75) is 6.04 Å². The van der Waals surface area contributed by atoms with E-state index in [9.17, 15) is 0 Å². The van der Waals surface area contributed by atoms with Crippen molar-refractivity contribution >= 4 is 50.5 Å². The van der Waals surface area contributed by atoms with Gasteiger partial charge in [0.1, 0.15) is 0 Å². The molecule has 1 atom stereocenters. The Morgan fingerprint density at radius 2 is 1.81 bits per heavy atom. The van der Waals surface area contributed by atoms with E-state index in [1.807, 2.05) is 30.3 Å². The van der Waals surface area contributed by atoms with Gasteiger partial charge in [-0.05, 0) is 23.8 Å². The SMILES string of the molecule is NC(c1ccc(Br)cc1)c1cc(Cl)sc1Cl. The number of hydrogen-bond acceptors (Lipinski definition) is 2. The number of thiophene rings is 1. The van der Waals surface area contributed by atoms with E-state index in [0.29, 0.717) is 8.67 Å². The Balaban J connectivity index is 2.35. The molecule has 0 aliphatic rings. The minimum absolute atomic E-state index is 0.232. The normalized spacial score (nSPS) is 12.8. The standard InChI is InChI=1S/C11H8BrCl2NS/c12-7-3-1-6(2-4-7)10(15)8-5-9(13)16-11(8)14/h1-5,10H,15H2. The van der Waals surface area contributed by atoms with Gasteiger partial charge in [-0.25, -0.2) is 0 Å². The van der Waals surface area contributed by atoms with Crippen LogP contribution in [0.3, 0.4) is 0 Å². The molecular weight excluding hydrogens is 329 g/mol. The van der Waals surface area contributed by atoms with Gasteiger partial charge in [0, 0.05) is 10.0 Å². The van der Waals surface area contributed by atoms with Crippen molar-refractivity contribution in [3.05, 3.63) is 54.6 Å². The van der Waals surface area contributed by atoms with Crippen molar-refractivity contribution in [1.82, 2.24) is 0 Å². The first-order valence-corrected chi connectivity index (χ1v) is 6.90. The summed E-state index contributed by atoms with van der Waals surface area (Å²) in [6.45, 7) is 0. The monoisotopic (exact) mass is 335 g/mol. The summed E-state index contributed by atoms with van der Waals surface area (Å²) in [5.41, 5.74) is 8.02. The highest BCUT2D eigenvalue weighted by molar-refractivity contribution is 9.10. The molecule has 0 bridgehead atoms. The van der Waals surface area contributed by atoms with Crippen LogP contribution < -0.4 is 5.73 Å². The van der Waals surface area contributed by atoms with Crippen LogP contribution in [0.4, 0.5) is 0 Å². The Kier molecular flexibility index (Phi) is 3.93. The van der Waals surface area contributed by atoms with E-state index in [1.54, 1.807) is 0 Å². The summed E-state index contributed by atoms with van der Waals surface area (Å²) in [6, 6.07) is 9.44. The molecule has 1 nitrogen and oxygen atoms in total. The van der Waals surface area contributed by atoms with Crippen LogP contribution in [0.25, 0.3) is 0 Å². The Morgan fingerprint density at radius 1 is 1.19 bits per heavy atom. The molecule has 0 aliphatic carbocycles. The van der Waals surface area contributed by atoms with Gasteiger partial charge in [-0.15, -0.1) is 11.3 Å². The summed E-state index contributed by atoms with van der Waals surface area (Å²) in [5, 5.41) is 0. The minimum Gasteiger partial charge on any atom is -0.320 e. The summed E-state index contributed by atoms with van der Waals surface area (Å²) in [5.74, 6) is 0. The molecular formula is C11H8BrCl2NS. The average Bonchev–Trinajstić information content (AvgIpc) is 2.58. The van der Waals surface area contributed by atoms with Gasteiger partial charge in [-0.2, -0.15) is 0 Å². The molecule has 0 spiro atoms. The van der Waals surface area contributed by atoms with Gasteiger partial charge in [-0.3, -0.25) is 0 Å². The number of hydrogen-bond donors (Lipinski definition) is 1. The number of halogens is 3.